The monoisotopic (exact) mass is 369 g/mol. The van der Waals surface area contributed by atoms with Gasteiger partial charge in [-0.25, -0.2) is 19.2 Å². The topological polar surface area (TPSA) is 118 Å². The van der Waals surface area contributed by atoms with Crippen molar-refractivity contribution >= 4 is 23.9 Å². The molecule has 0 aliphatic carbocycles. The Balaban J connectivity index is 2.59. The number of hydrogen-bond acceptors (Lipinski definition) is 10. The number of methoxy groups -OCH3 is 2. The lowest BCUT2D eigenvalue weighted by Crippen LogP contribution is -2.35. The fourth-order valence-electron chi connectivity index (χ4n) is 1.65. The minimum Gasteiger partial charge on any atom is -0.479 e. The Kier molecular flexibility index (Phi) is 9.01. The molecule has 0 radical (unpaired) electrons. The highest BCUT2D eigenvalue weighted by Crippen LogP contribution is 2.06. The molecule has 26 heavy (non-hydrogen) atoms. The highest BCUT2D eigenvalue weighted by molar-refractivity contribution is 5.92. The third kappa shape index (κ3) is 8.52. The summed E-state index contributed by atoms with van der Waals surface area (Å²) in [4.78, 5) is 46.9. The van der Waals surface area contributed by atoms with Gasteiger partial charge in [0.1, 0.15) is 12.9 Å². The van der Waals surface area contributed by atoms with E-state index in [1.165, 1.54) is 20.5 Å². The molecule has 0 fully saturated rings. The van der Waals surface area contributed by atoms with Crippen molar-refractivity contribution in [2.75, 3.05) is 34.1 Å². The minimum atomic E-state index is -0.841. The third-order valence-electron chi connectivity index (χ3n) is 2.85. The van der Waals surface area contributed by atoms with E-state index in [1.807, 2.05) is 0 Å². The van der Waals surface area contributed by atoms with E-state index in [4.69, 9.17) is 14.2 Å². The van der Waals surface area contributed by atoms with Crippen LogP contribution in [0.1, 0.15) is 0 Å². The first-order valence-electron chi connectivity index (χ1n) is 7.36. The average molecular weight is 369 g/mol. The summed E-state index contributed by atoms with van der Waals surface area (Å²) in [5, 5.41) is 0. The van der Waals surface area contributed by atoms with Crippen LogP contribution in [0.3, 0.4) is 0 Å². The van der Waals surface area contributed by atoms with Crippen molar-refractivity contribution in [2.24, 2.45) is 0 Å². The smallest absolute Gasteiger partial charge is 0.331 e. The van der Waals surface area contributed by atoms with Crippen molar-refractivity contribution < 1.29 is 42.9 Å². The van der Waals surface area contributed by atoms with Crippen LogP contribution in [0.5, 0.6) is 0 Å². The van der Waals surface area contributed by atoms with Gasteiger partial charge in [-0.15, -0.1) is 0 Å². The van der Waals surface area contributed by atoms with Crippen LogP contribution in [-0.2, 0) is 42.9 Å². The summed E-state index contributed by atoms with van der Waals surface area (Å²) in [6.07, 6.45) is 5.84. The van der Waals surface area contributed by atoms with Crippen molar-refractivity contribution in [1.82, 2.24) is 4.90 Å². The van der Waals surface area contributed by atoms with E-state index in [2.05, 4.69) is 9.47 Å². The van der Waals surface area contributed by atoms with Crippen LogP contribution in [0.2, 0.25) is 0 Å². The normalized spacial score (nSPS) is 14.2. The van der Waals surface area contributed by atoms with Gasteiger partial charge in [0.15, 0.2) is 12.8 Å². The lowest BCUT2D eigenvalue weighted by molar-refractivity contribution is -0.153. The largest absolute Gasteiger partial charge is 0.479 e. The van der Waals surface area contributed by atoms with Crippen LogP contribution in [0, 0.1) is 0 Å². The number of carbonyl (C=O) groups excluding carboxylic acids is 4. The summed E-state index contributed by atoms with van der Waals surface area (Å²) >= 11 is 0. The molecule has 1 atom stereocenters. The first-order valence-corrected chi connectivity index (χ1v) is 7.36. The number of ether oxygens (including phenoxy) is 5. The molecular weight excluding hydrogens is 350 g/mol. The molecule has 10 heteroatoms. The molecule has 0 N–H and O–H groups in total. The number of hydrogen-bond donors (Lipinski definition) is 0. The summed E-state index contributed by atoms with van der Waals surface area (Å²) in [5.74, 6) is -3.05. The van der Waals surface area contributed by atoms with Crippen molar-refractivity contribution in [3.8, 4) is 0 Å². The zero-order valence-corrected chi connectivity index (χ0v) is 14.3. The van der Waals surface area contributed by atoms with E-state index in [0.717, 1.165) is 24.3 Å². The summed E-state index contributed by atoms with van der Waals surface area (Å²) in [6, 6.07) is 0. The lowest BCUT2D eigenvalue weighted by Gasteiger charge is -2.22. The summed E-state index contributed by atoms with van der Waals surface area (Å²) in [6.45, 7) is 0.164. The van der Waals surface area contributed by atoms with E-state index >= 15 is 0 Å². The maximum Gasteiger partial charge on any atom is 0.331 e. The number of nitrogens with zero attached hydrogens (tertiary/aromatic N) is 1. The van der Waals surface area contributed by atoms with E-state index in [0.29, 0.717) is 0 Å². The summed E-state index contributed by atoms with van der Waals surface area (Å²) in [7, 11) is 2.34. The molecule has 0 aromatic carbocycles. The molecule has 0 aromatic rings. The Morgan fingerprint density at radius 3 is 2.12 bits per heavy atom. The van der Waals surface area contributed by atoms with Crippen LogP contribution >= 0.6 is 0 Å². The average Bonchev–Trinajstić information content (AvgIpc) is 3.14. The standard InChI is InChI=1S/C16H19NO9/c1-22-13(18)3-5-15(20)25-10-12(9-17-7-8-24-11-17)26-16(21)6-4-14(19)23-2/h3-8,12H,9-11H2,1-2H3/b5-3+,6-4+. The molecule has 142 valence electrons. The molecule has 1 aliphatic rings. The number of esters is 4. The van der Waals surface area contributed by atoms with Crippen LogP contribution in [0.15, 0.2) is 36.8 Å². The van der Waals surface area contributed by atoms with Gasteiger partial charge < -0.3 is 28.6 Å². The first-order chi connectivity index (χ1) is 12.4. The van der Waals surface area contributed by atoms with Gasteiger partial charge in [-0.05, 0) is 0 Å². The van der Waals surface area contributed by atoms with Crippen molar-refractivity contribution in [3.63, 3.8) is 0 Å². The molecular formula is C16H19NO9. The second-order valence-electron chi connectivity index (χ2n) is 4.75. The molecule has 0 spiro atoms. The summed E-state index contributed by atoms with van der Waals surface area (Å²) in [5.41, 5.74) is 0. The Morgan fingerprint density at radius 1 is 1.00 bits per heavy atom. The molecule has 1 rings (SSSR count). The second kappa shape index (κ2) is 11.3. The maximum absolute atomic E-state index is 11.7. The van der Waals surface area contributed by atoms with E-state index in [1.54, 1.807) is 11.1 Å². The second-order valence-corrected chi connectivity index (χ2v) is 4.75. The fraction of sp³-hybridized carbons (Fsp3) is 0.375. The quantitative estimate of drug-likeness (QED) is 0.303. The van der Waals surface area contributed by atoms with Gasteiger partial charge in [0.05, 0.1) is 20.8 Å². The van der Waals surface area contributed by atoms with Gasteiger partial charge in [0.25, 0.3) is 0 Å². The molecule has 0 bridgehead atoms. The fourth-order valence-corrected chi connectivity index (χ4v) is 1.65. The molecule has 10 nitrogen and oxygen atoms in total. The lowest BCUT2D eigenvalue weighted by atomic mass is 10.3. The molecule has 0 aromatic heterocycles. The van der Waals surface area contributed by atoms with Gasteiger partial charge in [-0.2, -0.15) is 0 Å². The minimum absolute atomic E-state index is 0.183. The zero-order chi connectivity index (χ0) is 19.4. The van der Waals surface area contributed by atoms with Crippen LogP contribution in [-0.4, -0.2) is 69.0 Å². The van der Waals surface area contributed by atoms with Gasteiger partial charge >= 0.3 is 23.9 Å². The van der Waals surface area contributed by atoms with Crippen molar-refractivity contribution in [2.45, 2.75) is 6.10 Å². The third-order valence-corrected chi connectivity index (χ3v) is 2.85. The predicted octanol–water partition coefficient (Wildman–Crippen LogP) is -0.339. The van der Waals surface area contributed by atoms with Gasteiger partial charge in [-0.3, -0.25) is 0 Å². The zero-order valence-electron chi connectivity index (χ0n) is 14.3. The van der Waals surface area contributed by atoms with Crippen molar-refractivity contribution in [3.05, 3.63) is 36.8 Å². The highest BCUT2D eigenvalue weighted by atomic mass is 16.6. The summed E-state index contributed by atoms with van der Waals surface area (Å²) < 4.78 is 23.8. The predicted molar refractivity (Wildman–Crippen MR) is 84.9 cm³/mol. The van der Waals surface area contributed by atoms with Gasteiger partial charge in [0, 0.05) is 30.5 Å². The molecule has 0 saturated carbocycles. The van der Waals surface area contributed by atoms with E-state index in [-0.39, 0.29) is 19.9 Å². The Labute approximate surface area is 149 Å². The number of rotatable bonds is 9. The van der Waals surface area contributed by atoms with Crippen LogP contribution in [0.25, 0.3) is 0 Å². The first kappa shape index (κ1) is 20.7. The van der Waals surface area contributed by atoms with Crippen molar-refractivity contribution in [1.29, 1.82) is 0 Å². The molecule has 1 unspecified atom stereocenters. The number of carbonyl (C=O) groups is 4. The van der Waals surface area contributed by atoms with E-state index < -0.39 is 30.0 Å². The Hall–Kier alpha value is -3.30. The SMILES string of the molecule is COC(=O)/C=C/C(=O)OCC(CN1C=COC1)OC(=O)/C=C/C(=O)OC. The molecule has 0 saturated heterocycles. The van der Waals surface area contributed by atoms with Gasteiger partial charge in [-0.1, -0.05) is 0 Å². The maximum atomic E-state index is 11.7. The molecule has 1 aliphatic heterocycles. The van der Waals surface area contributed by atoms with E-state index in [9.17, 15) is 19.2 Å². The van der Waals surface area contributed by atoms with Gasteiger partial charge in [0.2, 0.25) is 0 Å². The molecule has 0 amide bonds. The van der Waals surface area contributed by atoms with Crippen LogP contribution < -0.4 is 0 Å². The molecule has 1 heterocycles. The Morgan fingerprint density at radius 2 is 1.58 bits per heavy atom. The highest BCUT2D eigenvalue weighted by Gasteiger charge is 2.20. The Bertz CT molecular complexity index is 609. The van der Waals surface area contributed by atoms with Crippen LogP contribution in [0.4, 0.5) is 0 Å².